The van der Waals surface area contributed by atoms with Gasteiger partial charge in [-0.25, -0.2) is 0 Å². The third kappa shape index (κ3) is 16.1. The predicted octanol–water partition coefficient (Wildman–Crippen LogP) is 3.63. The summed E-state index contributed by atoms with van der Waals surface area (Å²) in [4.78, 5) is 17.3. The van der Waals surface area contributed by atoms with E-state index in [1.807, 2.05) is 0 Å². The van der Waals surface area contributed by atoms with Crippen LogP contribution in [0.2, 0.25) is 0 Å². The predicted molar refractivity (Wildman–Crippen MR) is 76.8 cm³/mol. The molecule has 0 amide bonds. The third-order valence-electron chi connectivity index (χ3n) is 3.02. The summed E-state index contributed by atoms with van der Waals surface area (Å²) in [5.74, 6) is 0. The van der Waals surface area contributed by atoms with E-state index in [0.29, 0.717) is 6.54 Å². The van der Waals surface area contributed by atoms with Crippen molar-refractivity contribution in [3.05, 3.63) is 0 Å². The van der Waals surface area contributed by atoms with Crippen molar-refractivity contribution in [2.24, 2.45) is 0 Å². The van der Waals surface area contributed by atoms with E-state index in [0.717, 1.165) is 12.8 Å². The van der Waals surface area contributed by atoms with Crippen molar-refractivity contribution in [3.8, 4) is 0 Å². The van der Waals surface area contributed by atoms with Crippen LogP contribution >= 0.6 is 7.60 Å². The highest BCUT2D eigenvalue weighted by atomic mass is 31.2. The van der Waals surface area contributed by atoms with Gasteiger partial charge in [-0.1, -0.05) is 64.7 Å². The van der Waals surface area contributed by atoms with E-state index in [9.17, 15) is 4.57 Å². The normalized spacial score (nSPS) is 11.9. The molecule has 0 aliphatic carbocycles. The smallest absolute Gasteiger partial charge is 0.324 e. The average Bonchev–Trinajstić information content (AvgIpc) is 2.29. The van der Waals surface area contributed by atoms with Gasteiger partial charge in [-0.3, -0.25) is 4.57 Å². The second-order valence-corrected chi connectivity index (χ2v) is 6.65. The molecule has 3 N–H and O–H groups in total. The van der Waals surface area contributed by atoms with Gasteiger partial charge in [0.15, 0.2) is 0 Å². The molecule has 0 fully saturated rings. The minimum Gasteiger partial charge on any atom is -0.324 e. The number of hydrogen-bond donors (Lipinski definition) is 3. The third-order valence-corrected chi connectivity index (χ3v) is 3.66. The summed E-state index contributed by atoms with van der Waals surface area (Å²) in [5, 5.41) is 2.79. The van der Waals surface area contributed by atoms with E-state index in [2.05, 4.69) is 12.2 Å². The van der Waals surface area contributed by atoms with Crippen LogP contribution in [0, 0.1) is 0 Å². The molecule has 0 aliphatic heterocycles. The minimum atomic E-state index is -3.86. The Kier molecular flexibility index (Phi) is 12.2. The Morgan fingerprint density at radius 2 is 1.28 bits per heavy atom. The van der Waals surface area contributed by atoms with Crippen LogP contribution in [0.25, 0.3) is 0 Å². The first-order valence-electron chi connectivity index (χ1n) is 7.31. The van der Waals surface area contributed by atoms with Gasteiger partial charge in [0.05, 0.1) is 6.29 Å². The number of nitrogens with one attached hydrogen (secondary N) is 1. The molecule has 110 valence electrons. The summed E-state index contributed by atoms with van der Waals surface area (Å²) in [5.41, 5.74) is 0. The molecule has 18 heavy (non-hydrogen) atoms. The molecule has 0 rings (SSSR count). The van der Waals surface area contributed by atoms with Gasteiger partial charge in [-0.05, 0) is 13.0 Å². The summed E-state index contributed by atoms with van der Waals surface area (Å²) in [7, 11) is -3.86. The first-order valence-corrected chi connectivity index (χ1v) is 9.11. The van der Waals surface area contributed by atoms with Gasteiger partial charge in [0.25, 0.3) is 0 Å². The van der Waals surface area contributed by atoms with E-state index < -0.39 is 7.60 Å². The van der Waals surface area contributed by atoms with Crippen LogP contribution in [0.4, 0.5) is 0 Å². The first-order chi connectivity index (χ1) is 8.56. The lowest BCUT2D eigenvalue weighted by Gasteiger charge is -2.06. The second-order valence-electron chi connectivity index (χ2n) is 5.00. The molecule has 0 saturated carbocycles. The Bertz CT molecular complexity index is 218. The Morgan fingerprint density at radius 1 is 0.833 bits per heavy atom. The maximum atomic E-state index is 10.5. The lowest BCUT2D eigenvalue weighted by molar-refractivity contribution is 0.367. The van der Waals surface area contributed by atoms with Crippen molar-refractivity contribution in [1.29, 1.82) is 0 Å². The van der Waals surface area contributed by atoms with Gasteiger partial charge in [-0.2, -0.15) is 0 Å². The highest BCUT2D eigenvalue weighted by Crippen LogP contribution is 2.31. The Labute approximate surface area is 112 Å². The minimum absolute atomic E-state index is 0.190. The molecule has 5 heteroatoms. The van der Waals surface area contributed by atoms with Crippen LogP contribution in [0.3, 0.4) is 0 Å². The van der Waals surface area contributed by atoms with E-state index in [1.165, 1.54) is 51.4 Å². The molecule has 0 aromatic carbocycles. The van der Waals surface area contributed by atoms with Gasteiger partial charge in [-0.15, -0.1) is 0 Å². The highest BCUT2D eigenvalue weighted by Gasteiger charge is 2.10. The zero-order valence-corrected chi connectivity index (χ0v) is 12.6. The summed E-state index contributed by atoms with van der Waals surface area (Å²) in [6.45, 7) is 2.95. The fourth-order valence-corrected chi connectivity index (χ4v) is 2.41. The number of unbranched alkanes of at least 4 members (excludes halogenated alkanes) is 9. The van der Waals surface area contributed by atoms with Crippen molar-refractivity contribution in [2.45, 2.75) is 71.1 Å². The van der Waals surface area contributed by atoms with Gasteiger partial charge in [0.1, 0.15) is 0 Å². The van der Waals surface area contributed by atoms with Crippen molar-refractivity contribution in [2.75, 3.05) is 12.8 Å². The van der Waals surface area contributed by atoms with Gasteiger partial charge in [0, 0.05) is 0 Å². The average molecular weight is 279 g/mol. The van der Waals surface area contributed by atoms with Crippen LogP contribution in [-0.2, 0) is 4.57 Å². The molecule has 0 atom stereocenters. The van der Waals surface area contributed by atoms with Crippen LogP contribution < -0.4 is 5.32 Å². The molecule has 0 heterocycles. The zero-order chi connectivity index (χ0) is 13.7. The molecule has 0 aliphatic rings. The number of rotatable bonds is 13. The maximum Gasteiger partial charge on any atom is 0.339 e. The van der Waals surface area contributed by atoms with Crippen molar-refractivity contribution < 1.29 is 14.4 Å². The second kappa shape index (κ2) is 12.2. The van der Waals surface area contributed by atoms with E-state index in [1.54, 1.807) is 0 Å². The molecule has 0 spiro atoms. The molecular weight excluding hydrogens is 249 g/mol. The van der Waals surface area contributed by atoms with Crippen LogP contribution in [-0.4, -0.2) is 22.6 Å². The monoisotopic (exact) mass is 279 g/mol. The SMILES string of the molecule is CCCCCCCCCCCCNCP(=O)(O)O. The van der Waals surface area contributed by atoms with E-state index in [-0.39, 0.29) is 6.29 Å². The van der Waals surface area contributed by atoms with Crippen molar-refractivity contribution in [1.82, 2.24) is 5.32 Å². The topological polar surface area (TPSA) is 69.6 Å². The van der Waals surface area contributed by atoms with Crippen LogP contribution in [0.1, 0.15) is 71.1 Å². The first kappa shape index (κ1) is 18.1. The van der Waals surface area contributed by atoms with Crippen LogP contribution in [0.15, 0.2) is 0 Å². The van der Waals surface area contributed by atoms with Crippen molar-refractivity contribution >= 4 is 7.60 Å². The maximum absolute atomic E-state index is 10.5. The molecular formula is C13H30NO3P. The summed E-state index contributed by atoms with van der Waals surface area (Å²) >= 11 is 0. The molecule has 0 bridgehead atoms. The number of hydrogen-bond acceptors (Lipinski definition) is 2. The molecule has 4 nitrogen and oxygen atoms in total. The highest BCUT2D eigenvalue weighted by molar-refractivity contribution is 7.51. The summed E-state index contributed by atoms with van der Waals surface area (Å²) in [6, 6.07) is 0. The van der Waals surface area contributed by atoms with Gasteiger partial charge < -0.3 is 15.1 Å². The standard InChI is InChI=1S/C13H30NO3P/c1-2-3-4-5-6-7-8-9-10-11-12-14-13-18(15,16)17/h14H,2-13H2,1H3,(H2,15,16,17). The molecule has 0 saturated heterocycles. The van der Waals surface area contributed by atoms with E-state index >= 15 is 0 Å². The Balaban J connectivity index is 3.01. The van der Waals surface area contributed by atoms with E-state index in [4.69, 9.17) is 9.79 Å². The molecule has 0 aromatic heterocycles. The van der Waals surface area contributed by atoms with Crippen LogP contribution in [0.5, 0.6) is 0 Å². The zero-order valence-electron chi connectivity index (χ0n) is 11.7. The summed E-state index contributed by atoms with van der Waals surface area (Å²) < 4.78 is 10.5. The quantitative estimate of drug-likeness (QED) is 0.355. The lowest BCUT2D eigenvalue weighted by atomic mass is 10.1. The largest absolute Gasteiger partial charge is 0.339 e. The fraction of sp³-hybridized carbons (Fsp3) is 1.00. The van der Waals surface area contributed by atoms with Crippen molar-refractivity contribution in [3.63, 3.8) is 0 Å². The van der Waals surface area contributed by atoms with Gasteiger partial charge in [0.2, 0.25) is 0 Å². The molecule has 0 aromatic rings. The Hall–Kier alpha value is 0.110. The summed E-state index contributed by atoms with van der Waals surface area (Å²) in [6.07, 6.45) is 12.6. The molecule has 0 unspecified atom stereocenters. The Morgan fingerprint density at radius 3 is 1.72 bits per heavy atom. The molecule has 0 radical (unpaired) electrons. The fourth-order valence-electron chi connectivity index (χ4n) is 1.96. The van der Waals surface area contributed by atoms with Gasteiger partial charge >= 0.3 is 7.60 Å². The lowest BCUT2D eigenvalue weighted by Crippen LogP contribution is -2.16.